The van der Waals surface area contributed by atoms with Gasteiger partial charge in [-0.1, -0.05) is 12.8 Å². The number of nitrogens with zero attached hydrogens (tertiary/aromatic N) is 2. The van der Waals surface area contributed by atoms with Gasteiger partial charge in [-0.25, -0.2) is 9.78 Å². The molecule has 1 heterocycles. The molecule has 1 aliphatic carbocycles. The molecule has 0 aliphatic heterocycles. The Labute approximate surface area is 123 Å². The van der Waals surface area contributed by atoms with Gasteiger partial charge in [-0.3, -0.25) is 4.79 Å². The maximum absolute atomic E-state index is 11.3. The first-order valence-corrected chi connectivity index (χ1v) is 6.98. The Bertz CT molecular complexity index is 534. The largest absolute Gasteiger partial charge is 0.478 e. The number of aliphatic carboxylic acids is 1. The fourth-order valence-corrected chi connectivity index (χ4v) is 2.61. The second-order valence-corrected chi connectivity index (χ2v) is 5.15. The molecule has 6 heteroatoms. The molecular formula is C15H19N3O3. The molecule has 0 saturated heterocycles. The molecule has 1 saturated carbocycles. The highest BCUT2D eigenvalue weighted by atomic mass is 16.4. The van der Waals surface area contributed by atoms with Crippen LogP contribution < -0.4 is 10.6 Å². The van der Waals surface area contributed by atoms with Crippen molar-refractivity contribution in [2.24, 2.45) is 5.73 Å². The number of anilines is 1. The van der Waals surface area contributed by atoms with E-state index in [2.05, 4.69) is 4.98 Å². The Morgan fingerprint density at radius 1 is 1.38 bits per heavy atom. The topological polar surface area (TPSA) is 96.5 Å². The van der Waals surface area contributed by atoms with Gasteiger partial charge in [0.15, 0.2) is 0 Å². The van der Waals surface area contributed by atoms with Gasteiger partial charge in [0, 0.05) is 18.3 Å². The molecule has 1 fully saturated rings. The molecule has 2 rings (SSSR count). The number of amides is 1. The Morgan fingerprint density at radius 2 is 2.10 bits per heavy atom. The van der Waals surface area contributed by atoms with Crippen molar-refractivity contribution in [2.75, 3.05) is 11.4 Å². The lowest BCUT2D eigenvalue weighted by Crippen LogP contribution is -2.40. The highest BCUT2D eigenvalue weighted by Crippen LogP contribution is 2.27. The smallest absolute Gasteiger partial charge is 0.328 e. The zero-order chi connectivity index (χ0) is 15.2. The third kappa shape index (κ3) is 4.30. The van der Waals surface area contributed by atoms with E-state index in [1.807, 2.05) is 4.90 Å². The minimum Gasteiger partial charge on any atom is -0.478 e. The van der Waals surface area contributed by atoms with E-state index in [-0.39, 0.29) is 12.5 Å². The van der Waals surface area contributed by atoms with E-state index < -0.39 is 5.97 Å². The summed E-state index contributed by atoms with van der Waals surface area (Å²) in [6, 6.07) is 3.87. The number of carboxylic acid groups (broad SMARTS) is 1. The van der Waals surface area contributed by atoms with Gasteiger partial charge in [-0.15, -0.1) is 0 Å². The van der Waals surface area contributed by atoms with Gasteiger partial charge in [-0.05, 0) is 36.6 Å². The normalized spacial score (nSPS) is 15.4. The van der Waals surface area contributed by atoms with Crippen molar-refractivity contribution < 1.29 is 14.7 Å². The number of carbonyl (C=O) groups is 2. The summed E-state index contributed by atoms with van der Waals surface area (Å²) in [6.45, 7) is 0.155. The lowest BCUT2D eigenvalue weighted by Gasteiger charge is -2.28. The van der Waals surface area contributed by atoms with Crippen LogP contribution in [0.5, 0.6) is 0 Å². The Kier molecular flexibility index (Phi) is 4.92. The lowest BCUT2D eigenvalue weighted by atomic mass is 10.2. The summed E-state index contributed by atoms with van der Waals surface area (Å²) in [5.41, 5.74) is 6.02. The average molecular weight is 289 g/mol. The van der Waals surface area contributed by atoms with E-state index in [4.69, 9.17) is 10.8 Å². The van der Waals surface area contributed by atoms with Crippen molar-refractivity contribution in [3.05, 3.63) is 30.0 Å². The van der Waals surface area contributed by atoms with Crippen molar-refractivity contribution >= 4 is 23.8 Å². The molecule has 3 N–H and O–H groups in total. The van der Waals surface area contributed by atoms with Crippen LogP contribution in [0.4, 0.5) is 5.82 Å². The molecular weight excluding hydrogens is 270 g/mol. The van der Waals surface area contributed by atoms with Crippen molar-refractivity contribution in [3.8, 4) is 0 Å². The van der Waals surface area contributed by atoms with Gasteiger partial charge in [0.1, 0.15) is 5.82 Å². The Hall–Kier alpha value is -2.37. The van der Waals surface area contributed by atoms with Crippen LogP contribution in [0.15, 0.2) is 24.4 Å². The molecule has 0 aromatic carbocycles. The number of hydrogen-bond donors (Lipinski definition) is 2. The standard InChI is InChI=1S/C15H19N3O3/c16-13(19)10-18(12-3-1-2-4-12)14-7-5-11(9-17-14)6-8-15(20)21/h5-9,12H,1-4,10H2,(H2,16,19)(H,20,21)/b8-6+. The van der Waals surface area contributed by atoms with Crippen molar-refractivity contribution in [1.29, 1.82) is 0 Å². The predicted molar refractivity (Wildman–Crippen MR) is 79.7 cm³/mol. The zero-order valence-corrected chi connectivity index (χ0v) is 11.7. The van der Waals surface area contributed by atoms with E-state index in [0.717, 1.165) is 31.8 Å². The fourth-order valence-electron chi connectivity index (χ4n) is 2.61. The number of primary amides is 1. The third-order valence-electron chi connectivity index (χ3n) is 3.58. The second kappa shape index (κ2) is 6.88. The number of pyridine rings is 1. The number of hydrogen-bond acceptors (Lipinski definition) is 4. The molecule has 0 unspecified atom stereocenters. The van der Waals surface area contributed by atoms with Crippen LogP contribution in [0.25, 0.3) is 6.08 Å². The molecule has 112 valence electrons. The van der Waals surface area contributed by atoms with Crippen LogP contribution >= 0.6 is 0 Å². The first kappa shape index (κ1) is 15.0. The highest BCUT2D eigenvalue weighted by Gasteiger charge is 2.24. The average Bonchev–Trinajstić information content (AvgIpc) is 2.97. The fraction of sp³-hybridized carbons (Fsp3) is 0.400. The van der Waals surface area contributed by atoms with Gasteiger partial charge in [-0.2, -0.15) is 0 Å². The Morgan fingerprint density at radius 3 is 2.62 bits per heavy atom. The molecule has 1 aromatic heterocycles. The summed E-state index contributed by atoms with van der Waals surface area (Å²) in [6.07, 6.45) is 8.52. The molecule has 0 radical (unpaired) electrons. The zero-order valence-electron chi connectivity index (χ0n) is 11.7. The van der Waals surface area contributed by atoms with Crippen LogP contribution in [0.1, 0.15) is 31.2 Å². The molecule has 21 heavy (non-hydrogen) atoms. The summed E-state index contributed by atoms with van der Waals surface area (Å²) in [7, 11) is 0. The predicted octanol–water partition coefficient (Wildman–Crippen LogP) is 1.41. The number of rotatable bonds is 6. The summed E-state index contributed by atoms with van der Waals surface area (Å²) >= 11 is 0. The first-order valence-electron chi connectivity index (χ1n) is 6.98. The molecule has 6 nitrogen and oxygen atoms in total. The lowest BCUT2D eigenvalue weighted by molar-refractivity contribution is -0.131. The Balaban J connectivity index is 2.15. The summed E-state index contributed by atoms with van der Waals surface area (Å²) in [4.78, 5) is 28.0. The van der Waals surface area contributed by atoms with Crippen LogP contribution in [0.2, 0.25) is 0 Å². The van der Waals surface area contributed by atoms with Gasteiger partial charge < -0.3 is 15.7 Å². The van der Waals surface area contributed by atoms with E-state index >= 15 is 0 Å². The second-order valence-electron chi connectivity index (χ2n) is 5.15. The van der Waals surface area contributed by atoms with E-state index in [1.165, 1.54) is 6.08 Å². The monoisotopic (exact) mass is 289 g/mol. The minimum absolute atomic E-state index is 0.155. The highest BCUT2D eigenvalue weighted by molar-refractivity contribution is 5.85. The van der Waals surface area contributed by atoms with Gasteiger partial charge >= 0.3 is 5.97 Å². The maximum atomic E-state index is 11.3. The number of aromatic nitrogens is 1. The van der Waals surface area contributed by atoms with Crippen molar-refractivity contribution in [3.63, 3.8) is 0 Å². The van der Waals surface area contributed by atoms with E-state index in [9.17, 15) is 9.59 Å². The molecule has 1 aromatic rings. The third-order valence-corrected chi connectivity index (χ3v) is 3.58. The van der Waals surface area contributed by atoms with Gasteiger partial charge in [0.25, 0.3) is 0 Å². The van der Waals surface area contributed by atoms with Crippen molar-refractivity contribution in [2.45, 2.75) is 31.7 Å². The molecule has 1 amide bonds. The number of nitrogens with two attached hydrogens (primary N) is 1. The molecule has 1 aliphatic rings. The van der Waals surface area contributed by atoms with E-state index in [0.29, 0.717) is 17.4 Å². The SMILES string of the molecule is NC(=O)CN(c1ccc(/C=C/C(=O)O)cn1)C1CCCC1. The number of carboxylic acids is 1. The van der Waals surface area contributed by atoms with E-state index in [1.54, 1.807) is 18.3 Å². The molecule has 0 bridgehead atoms. The van der Waals surface area contributed by atoms with Crippen molar-refractivity contribution in [1.82, 2.24) is 4.98 Å². The quantitative estimate of drug-likeness (QED) is 0.772. The summed E-state index contributed by atoms with van der Waals surface area (Å²) in [5.74, 6) is -0.674. The first-order chi connectivity index (χ1) is 10.1. The van der Waals surface area contributed by atoms with Crippen LogP contribution in [0.3, 0.4) is 0 Å². The van der Waals surface area contributed by atoms with Gasteiger partial charge in [0.2, 0.25) is 5.91 Å². The summed E-state index contributed by atoms with van der Waals surface area (Å²) < 4.78 is 0. The summed E-state index contributed by atoms with van der Waals surface area (Å²) in [5, 5.41) is 8.59. The van der Waals surface area contributed by atoms with Gasteiger partial charge in [0.05, 0.1) is 6.54 Å². The molecule has 0 spiro atoms. The minimum atomic E-state index is -1.000. The number of carbonyl (C=O) groups excluding carboxylic acids is 1. The van der Waals surface area contributed by atoms with Crippen LogP contribution in [0, 0.1) is 0 Å². The maximum Gasteiger partial charge on any atom is 0.328 e. The van der Waals surface area contributed by atoms with Crippen LogP contribution in [-0.4, -0.2) is 34.6 Å². The van der Waals surface area contributed by atoms with Crippen LogP contribution in [-0.2, 0) is 9.59 Å². The molecule has 0 atom stereocenters.